The first-order valence-corrected chi connectivity index (χ1v) is 44.9. The fourth-order valence-electron chi connectivity index (χ4n) is 17.2. The Labute approximate surface area is 688 Å². The van der Waals surface area contributed by atoms with Crippen molar-refractivity contribution in [3.05, 3.63) is 56.9 Å². The lowest BCUT2D eigenvalue weighted by atomic mass is 9.68. The van der Waals surface area contributed by atoms with Gasteiger partial charge in [-0.3, -0.25) is 4.90 Å². The predicted octanol–water partition coefficient (Wildman–Crippen LogP) is 23.6. The molecule has 5 aliphatic rings. The van der Waals surface area contributed by atoms with E-state index in [-0.39, 0.29) is 68.7 Å². The van der Waals surface area contributed by atoms with Crippen molar-refractivity contribution in [1.82, 2.24) is 79.9 Å². The average Bonchev–Trinajstić information content (AvgIpc) is 1.55. The Bertz CT molecular complexity index is 3760. The Morgan fingerprint density at radius 1 is 0.360 bits per heavy atom. The zero-order valence-corrected chi connectivity index (χ0v) is 78.2. The molecule has 0 spiro atoms. The molecule has 1 aliphatic heterocycles. The summed E-state index contributed by atoms with van der Waals surface area (Å²) in [5, 5.41) is 42.9. The number of ether oxygens (including phenoxy) is 2. The number of hydrogen-bond acceptors (Lipinski definition) is 13. The highest BCUT2D eigenvalue weighted by atomic mass is 19.3. The second-order valence-corrected chi connectivity index (χ2v) is 40.9. The molecule has 18 nitrogen and oxygen atoms in total. The van der Waals surface area contributed by atoms with Gasteiger partial charge < -0.3 is 9.47 Å². The molecule has 0 saturated carbocycles. The second kappa shape index (κ2) is 38.7. The van der Waals surface area contributed by atoms with Crippen LogP contribution in [0.1, 0.15) is 418 Å². The molecule has 6 unspecified atom stereocenters. The minimum atomic E-state index is -2.92. The quantitative estimate of drug-likeness (QED) is 0.0599. The van der Waals surface area contributed by atoms with Crippen LogP contribution in [0, 0.1) is 39.4 Å². The van der Waals surface area contributed by atoms with Crippen molar-refractivity contribution in [2.75, 3.05) is 27.3 Å². The fourth-order valence-corrected chi connectivity index (χ4v) is 17.2. The number of aryl methyl sites for hydroxylation is 1. The van der Waals surface area contributed by atoms with Gasteiger partial charge in [0.05, 0.1) is 67.6 Å². The summed E-state index contributed by atoms with van der Waals surface area (Å²) in [6, 6.07) is 0. The van der Waals surface area contributed by atoms with Crippen LogP contribution in [0.2, 0.25) is 0 Å². The molecule has 0 bridgehead atoms. The number of alkyl halides is 5. The first-order chi connectivity index (χ1) is 52.8. The van der Waals surface area contributed by atoms with Crippen molar-refractivity contribution in [2.45, 2.75) is 457 Å². The normalized spacial score (nSPS) is 22.5. The second-order valence-electron chi connectivity index (χ2n) is 40.9. The highest BCUT2D eigenvalue weighted by Crippen LogP contribution is 2.54. The fraction of sp³-hybridized carbons (Fsp3) is 0.890. The van der Waals surface area contributed by atoms with Gasteiger partial charge in [0.2, 0.25) is 0 Å². The molecule has 0 N–H and O–H groups in total. The van der Waals surface area contributed by atoms with Gasteiger partial charge >= 0.3 is 0 Å². The molecule has 0 fully saturated rings. The molecule has 5 aromatic rings. The van der Waals surface area contributed by atoms with Crippen molar-refractivity contribution in [1.29, 1.82) is 0 Å². The summed E-state index contributed by atoms with van der Waals surface area (Å²) in [6.07, 6.45) is 25.9. The maximum absolute atomic E-state index is 16.2. The van der Waals surface area contributed by atoms with Crippen LogP contribution in [0.3, 0.4) is 0 Å². The van der Waals surface area contributed by atoms with Gasteiger partial charge in [-0.1, -0.05) is 183 Å². The molecule has 10 rings (SSSR count). The first kappa shape index (κ1) is 98.1. The van der Waals surface area contributed by atoms with Gasteiger partial charge in [-0.15, -0.1) is 25.5 Å². The van der Waals surface area contributed by atoms with Crippen LogP contribution in [0.4, 0.5) is 22.0 Å². The molecule has 5 aromatic heterocycles. The largest absolute Gasteiger partial charge is 0.377 e. The highest BCUT2D eigenvalue weighted by molar-refractivity contribution is 5.26. The Morgan fingerprint density at radius 3 is 1.26 bits per heavy atom. The average molecular weight is 1610 g/mol. The van der Waals surface area contributed by atoms with Crippen LogP contribution in [-0.4, -0.2) is 119 Å². The Kier molecular flexibility index (Phi) is 33.3. The van der Waals surface area contributed by atoms with Crippen molar-refractivity contribution < 1.29 is 31.4 Å². The van der Waals surface area contributed by atoms with Gasteiger partial charge in [0.25, 0.3) is 11.8 Å². The summed E-state index contributed by atoms with van der Waals surface area (Å²) in [5.41, 5.74) is 5.25. The topological polar surface area (TPSA) is 175 Å². The SMILES string of the molecule is CCC(C)(C)C1CCCCc2c(nnn2C(C)(C)CC)C1(F)F.CCC(C)(C)C1CCCc2nnn(C(C)(C)CC)c2CC1.CCC(C)(C)C1CCc2c(nnn2C(C)(C)CC)C(F)(F)CC1.CCC(C)(C)N1CCc2nnn(C(C)(C)CC)c2C(OC)C(OC)C1.CCC(C)(C)n1nnc2c1CCCCCC2(F)C(C)(C)CC. The number of methoxy groups -OCH3 is 2. The number of aromatic nitrogens is 15. The Hall–Kier alpha value is -4.77. The maximum Gasteiger partial charge on any atom is 0.296 e. The number of rotatable bonds is 22. The van der Waals surface area contributed by atoms with Gasteiger partial charge in [0.15, 0.2) is 17.1 Å². The third-order valence-electron chi connectivity index (χ3n) is 30.2. The molecular weight excluding hydrogens is 1440 g/mol. The van der Waals surface area contributed by atoms with Crippen LogP contribution in [0.15, 0.2) is 0 Å². The summed E-state index contributed by atoms with van der Waals surface area (Å²) in [5.74, 6) is -5.35. The minimum Gasteiger partial charge on any atom is -0.377 e. The molecule has 654 valence electrons. The Morgan fingerprint density at radius 2 is 0.781 bits per heavy atom. The van der Waals surface area contributed by atoms with Gasteiger partial charge in [0.1, 0.15) is 17.9 Å². The van der Waals surface area contributed by atoms with E-state index in [4.69, 9.17) is 9.47 Å². The van der Waals surface area contributed by atoms with E-state index in [1.54, 1.807) is 23.6 Å². The van der Waals surface area contributed by atoms with Gasteiger partial charge in [-0.2, -0.15) is 17.6 Å². The van der Waals surface area contributed by atoms with Crippen molar-refractivity contribution in [3.8, 4) is 0 Å². The van der Waals surface area contributed by atoms with Gasteiger partial charge in [-0.05, 0) is 252 Å². The summed E-state index contributed by atoms with van der Waals surface area (Å²) in [6.45, 7) is 66.4. The molecule has 0 aromatic carbocycles. The molecule has 4 aliphatic carbocycles. The van der Waals surface area contributed by atoms with Crippen molar-refractivity contribution in [3.63, 3.8) is 0 Å². The van der Waals surface area contributed by atoms with E-state index in [1.165, 1.54) is 37.1 Å². The van der Waals surface area contributed by atoms with Crippen LogP contribution in [0.25, 0.3) is 0 Å². The predicted molar refractivity (Wildman–Crippen MR) is 454 cm³/mol. The third-order valence-corrected chi connectivity index (χ3v) is 30.2. The lowest BCUT2D eigenvalue weighted by molar-refractivity contribution is -0.120. The van der Waals surface area contributed by atoms with E-state index in [1.807, 2.05) is 67.0 Å². The van der Waals surface area contributed by atoms with Gasteiger partial charge in [0, 0.05) is 57.0 Å². The van der Waals surface area contributed by atoms with E-state index in [9.17, 15) is 8.78 Å². The summed E-state index contributed by atoms with van der Waals surface area (Å²) in [7, 11) is 3.53. The molecule has 0 radical (unpaired) electrons. The van der Waals surface area contributed by atoms with Crippen LogP contribution in [-0.2, 0) is 93.2 Å². The Balaban J connectivity index is 0.000000222. The molecule has 6 heterocycles. The lowest BCUT2D eigenvalue weighted by Gasteiger charge is -2.42. The van der Waals surface area contributed by atoms with E-state index < -0.39 is 34.3 Å². The molecule has 23 heteroatoms. The molecule has 114 heavy (non-hydrogen) atoms. The third kappa shape index (κ3) is 21.7. The standard InChI is InChI=1S/C19H36N4O2.2C18H31F2N3.C18H32FN3.C18H33N3/c1-9-18(3,4)22-12-11-14-16(17(25-8)15(13-22)24-7)23(21-20-14)19(5,6)10-2;1-7-16(3,4)13-9-10-14-15(18(19,20)12-11-13)21-22-23(14)17(5,6)8-2;1-7-16(3,4)14-12-10-9-11-13-15(18(14,19)20)21-22-23(13)17(5,6)8-2;1-7-16(3,4)18(19)13-11-9-10-12-14-15(18)20-21-22(14)17(5,6)8-2;1-7-17(3,4)14-10-9-11-15-16(13-12-14)21(20-19-15)18(5,6)8-2/h15,17H,9-13H2,1-8H3;13H,7-12H2,1-6H3;14H,7-12H2,1-6H3;7-13H2,1-6H3;14H,7-13H2,1-6H3. The van der Waals surface area contributed by atoms with Crippen molar-refractivity contribution in [2.24, 2.45) is 39.4 Å². The van der Waals surface area contributed by atoms with E-state index in [0.717, 1.165) is 158 Å². The summed E-state index contributed by atoms with van der Waals surface area (Å²) < 4.78 is 97.9. The van der Waals surface area contributed by atoms with E-state index in [2.05, 4.69) is 211 Å². The van der Waals surface area contributed by atoms with Gasteiger partial charge in [-0.25, -0.2) is 27.8 Å². The molecular formula is C91H163F5N16O2. The first-order valence-electron chi connectivity index (χ1n) is 44.9. The number of halogens is 5. The molecule has 6 atom stereocenters. The lowest BCUT2D eigenvalue weighted by Crippen LogP contribution is -2.51. The van der Waals surface area contributed by atoms with E-state index >= 15 is 13.2 Å². The monoisotopic (exact) mass is 1610 g/mol. The van der Waals surface area contributed by atoms with Crippen LogP contribution in [0.5, 0.6) is 0 Å². The summed E-state index contributed by atoms with van der Waals surface area (Å²) >= 11 is 0. The minimum absolute atomic E-state index is 0.0558. The molecule has 0 saturated heterocycles. The number of nitrogens with zero attached hydrogens (tertiary/aromatic N) is 16. The summed E-state index contributed by atoms with van der Waals surface area (Å²) in [4.78, 5) is 2.50. The highest BCUT2D eigenvalue weighted by Gasteiger charge is 2.54. The van der Waals surface area contributed by atoms with E-state index in [0.29, 0.717) is 60.5 Å². The zero-order chi connectivity index (χ0) is 86.0. The maximum atomic E-state index is 16.2. The number of fused-ring (bicyclic) bond motifs is 5. The zero-order valence-electron chi connectivity index (χ0n) is 78.2. The van der Waals surface area contributed by atoms with Crippen molar-refractivity contribution >= 4 is 0 Å². The van der Waals surface area contributed by atoms with Crippen LogP contribution < -0.4 is 0 Å². The molecule has 0 amide bonds. The number of hydrogen-bond donors (Lipinski definition) is 0. The van der Waals surface area contributed by atoms with Crippen LogP contribution >= 0.6 is 0 Å². The smallest absolute Gasteiger partial charge is 0.296 e.